The topological polar surface area (TPSA) is 37.8 Å². The zero-order chi connectivity index (χ0) is 14.4. The second-order valence-electron chi connectivity index (χ2n) is 5.10. The van der Waals surface area contributed by atoms with Gasteiger partial charge in [-0.15, -0.1) is 0 Å². The predicted octanol–water partition coefficient (Wildman–Crippen LogP) is 3.44. The molecule has 3 heteroatoms. The summed E-state index contributed by atoms with van der Waals surface area (Å²) in [7, 11) is 0. The molecule has 20 heavy (non-hydrogen) atoms. The maximum absolute atomic E-state index is 4.48. The van der Waals surface area contributed by atoms with Crippen LogP contribution in [-0.4, -0.2) is 16.5 Å². The minimum absolute atomic E-state index is 0.0670. The van der Waals surface area contributed by atoms with Gasteiger partial charge in [-0.05, 0) is 36.6 Å². The number of nitrogens with one attached hydrogen (secondary N) is 1. The first-order valence-corrected chi connectivity index (χ1v) is 7.35. The SMILES string of the molecule is CCCc1cccc(C(NCC)c2ncc(C)cn2)c1. The van der Waals surface area contributed by atoms with Crippen LogP contribution in [0.4, 0.5) is 0 Å². The van der Waals surface area contributed by atoms with Crippen LogP contribution in [0.3, 0.4) is 0 Å². The lowest BCUT2D eigenvalue weighted by Gasteiger charge is -2.18. The Balaban J connectivity index is 2.32. The van der Waals surface area contributed by atoms with Crippen molar-refractivity contribution in [1.82, 2.24) is 15.3 Å². The van der Waals surface area contributed by atoms with Gasteiger partial charge in [-0.25, -0.2) is 9.97 Å². The van der Waals surface area contributed by atoms with Gasteiger partial charge in [0.15, 0.2) is 0 Å². The fourth-order valence-corrected chi connectivity index (χ4v) is 2.33. The third-order valence-corrected chi connectivity index (χ3v) is 3.29. The Morgan fingerprint density at radius 2 is 1.90 bits per heavy atom. The fraction of sp³-hybridized carbons (Fsp3) is 0.412. The van der Waals surface area contributed by atoms with E-state index < -0.39 is 0 Å². The molecule has 1 aromatic heterocycles. The standard InChI is InChI=1S/C17H23N3/c1-4-7-14-8-6-9-15(10-14)16(18-5-2)17-19-11-13(3)12-20-17/h6,8-12,16,18H,4-5,7H2,1-3H3. The van der Waals surface area contributed by atoms with Crippen LogP contribution in [0.15, 0.2) is 36.7 Å². The van der Waals surface area contributed by atoms with E-state index >= 15 is 0 Å². The quantitative estimate of drug-likeness (QED) is 0.873. The van der Waals surface area contributed by atoms with E-state index in [1.807, 2.05) is 19.3 Å². The molecular formula is C17H23N3. The maximum atomic E-state index is 4.48. The molecule has 1 aromatic carbocycles. The minimum atomic E-state index is 0.0670. The van der Waals surface area contributed by atoms with Gasteiger partial charge < -0.3 is 5.32 Å². The lowest BCUT2D eigenvalue weighted by Crippen LogP contribution is -2.24. The molecule has 0 radical (unpaired) electrons. The number of hydrogen-bond donors (Lipinski definition) is 1. The van der Waals surface area contributed by atoms with Crippen molar-refractivity contribution < 1.29 is 0 Å². The zero-order valence-corrected chi connectivity index (χ0v) is 12.6. The van der Waals surface area contributed by atoms with Gasteiger partial charge in [0.2, 0.25) is 0 Å². The van der Waals surface area contributed by atoms with Crippen LogP contribution >= 0.6 is 0 Å². The predicted molar refractivity (Wildman–Crippen MR) is 82.7 cm³/mol. The monoisotopic (exact) mass is 269 g/mol. The van der Waals surface area contributed by atoms with Gasteiger partial charge >= 0.3 is 0 Å². The lowest BCUT2D eigenvalue weighted by atomic mass is 10.0. The summed E-state index contributed by atoms with van der Waals surface area (Å²) in [6, 6.07) is 8.79. The molecule has 3 nitrogen and oxygen atoms in total. The summed E-state index contributed by atoms with van der Waals surface area (Å²) in [6.45, 7) is 7.21. The molecule has 0 bridgehead atoms. The van der Waals surface area contributed by atoms with Gasteiger partial charge in [0.25, 0.3) is 0 Å². The normalized spacial score (nSPS) is 12.3. The summed E-state index contributed by atoms with van der Waals surface area (Å²) in [4.78, 5) is 8.95. The van der Waals surface area contributed by atoms with Crippen LogP contribution in [0.25, 0.3) is 0 Å². The van der Waals surface area contributed by atoms with E-state index in [2.05, 4.69) is 53.4 Å². The van der Waals surface area contributed by atoms with E-state index in [9.17, 15) is 0 Å². The number of rotatable bonds is 6. The van der Waals surface area contributed by atoms with Crippen molar-refractivity contribution in [2.45, 2.75) is 39.7 Å². The van der Waals surface area contributed by atoms with E-state index in [-0.39, 0.29) is 6.04 Å². The van der Waals surface area contributed by atoms with Crippen molar-refractivity contribution >= 4 is 0 Å². The summed E-state index contributed by atoms with van der Waals surface area (Å²) < 4.78 is 0. The first-order chi connectivity index (χ1) is 9.74. The van der Waals surface area contributed by atoms with Crippen LogP contribution in [0.2, 0.25) is 0 Å². The summed E-state index contributed by atoms with van der Waals surface area (Å²) >= 11 is 0. The molecule has 0 saturated heterocycles. The highest BCUT2D eigenvalue weighted by Crippen LogP contribution is 2.20. The molecule has 0 aliphatic heterocycles. The molecule has 2 rings (SSSR count). The second-order valence-corrected chi connectivity index (χ2v) is 5.10. The van der Waals surface area contributed by atoms with Crippen LogP contribution in [0, 0.1) is 6.92 Å². The Hall–Kier alpha value is -1.74. The Bertz CT molecular complexity index is 534. The maximum Gasteiger partial charge on any atom is 0.149 e. The second kappa shape index (κ2) is 7.15. The minimum Gasteiger partial charge on any atom is -0.304 e. The molecule has 0 fully saturated rings. The fourth-order valence-electron chi connectivity index (χ4n) is 2.33. The van der Waals surface area contributed by atoms with Gasteiger partial charge in [-0.3, -0.25) is 0 Å². The number of benzene rings is 1. The van der Waals surface area contributed by atoms with E-state index in [4.69, 9.17) is 0 Å². The van der Waals surface area contributed by atoms with E-state index in [1.165, 1.54) is 11.1 Å². The smallest absolute Gasteiger partial charge is 0.149 e. The van der Waals surface area contributed by atoms with Crippen molar-refractivity contribution in [3.8, 4) is 0 Å². The van der Waals surface area contributed by atoms with E-state index in [0.29, 0.717) is 0 Å². The Morgan fingerprint density at radius 1 is 1.15 bits per heavy atom. The molecule has 0 saturated carbocycles. The number of aryl methyl sites for hydroxylation is 2. The molecule has 106 valence electrons. The average Bonchev–Trinajstić information content (AvgIpc) is 2.47. The highest BCUT2D eigenvalue weighted by molar-refractivity contribution is 5.30. The van der Waals surface area contributed by atoms with Crippen molar-refractivity contribution in [1.29, 1.82) is 0 Å². The summed E-state index contributed by atoms with van der Waals surface area (Å²) in [5.74, 6) is 0.839. The first kappa shape index (κ1) is 14.7. The highest BCUT2D eigenvalue weighted by atomic mass is 15.0. The highest BCUT2D eigenvalue weighted by Gasteiger charge is 2.15. The van der Waals surface area contributed by atoms with E-state index in [1.54, 1.807) is 0 Å². The first-order valence-electron chi connectivity index (χ1n) is 7.35. The van der Waals surface area contributed by atoms with Crippen LogP contribution in [-0.2, 0) is 6.42 Å². The summed E-state index contributed by atoms with van der Waals surface area (Å²) in [5.41, 5.74) is 3.70. The van der Waals surface area contributed by atoms with Crippen LogP contribution in [0.5, 0.6) is 0 Å². The van der Waals surface area contributed by atoms with Gasteiger partial charge in [0, 0.05) is 12.4 Å². The summed E-state index contributed by atoms with van der Waals surface area (Å²) in [5, 5.41) is 3.48. The molecular weight excluding hydrogens is 246 g/mol. The average molecular weight is 269 g/mol. The molecule has 0 aliphatic carbocycles. The van der Waals surface area contributed by atoms with Crippen molar-refractivity contribution in [2.24, 2.45) is 0 Å². The Labute approximate surface area is 121 Å². The zero-order valence-electron chi connectivity index (χ0n) is 12.6. The Morgan fingerprint density at radius 3 is 2.55 bits per heavy atom. The van der Waals surface area contributed by atoms with Crippen molar-refractivity contribution in [2.75, 3.05) is 6.54 Å². The van der Waals surface area contributed by atoms with Crippen molar-refractivity contribution in [3.05, 3.63) is 59.2 Å². The third-order valence-electron chi connectivity index (χ3n) is 3.29. The third kappa shape index (κ3) is 3.64. The van der Waals surface area contributed by atoms with Gasteiger partial charge in [-0.1, -0.05) is 44.5 Å². The lowest BCUT2D eigenvalue weighted by molar-refractivity contribution is 0.596. The van der Waals surface area contributed by atoms with Crippen LogP contribution < -0.4 is 5.32 Å². The van der Waals surface area contributed by atoms with Gasteiger partial charge in [-0.2, -0.15) is 0 Å². The van der Waals surface area contributed by atoms with E-state index in [0.717, 1.165) is 30.8 Å². The number of aromatic nitrogens is 2. The molecule has 1 heterocycles. The number of nitrogens with zero attached hydrogens (tertiary/aromatic N) is 2. The Kier molecular flexibility index (Phi) is 5.24. The molecule has 0 spiro atoms. The number of hydrogen-bond acceptors (Lipinski definition) is 3. The molecule has 1 unspecified atom stereocenters. The molecule has 0 amide bonds. The van der Waals surface area contributed by atoms with Gasteiger partial charge in [0.1, 0.15) is 5.82 Å². The summed E-state index contributed by atoms with van der Waals surface area (Å²) in [6.07, 6.45) is 6.03. The molecule has 2 aromatic rings. The molecule has 1 atom stereocenters. The molecule has 0 aliphatic rings. The largest absolute Gasteiger partial charge is 0.304 e. The molecule has 1 N–H and O–H groups in total. The van der Waals surface area contributed by atoms with Crippen LogP contribution in [0.1, 0.15) is 48.8 Å². The van der Waals surface area contributed by atoms with Crippen molar-refractivity contribution in [3.63, 3.8) is 0 Å². The van der Waals surface area contributed by atoms with Gasteiger partial charge in [0.05, 0.1) is 6.04 Å².